The van der Waals surface area contributed by atoms with Gasteiger partial charge < -0.3 is 21.1 Å². The van der Waals surface area contributed by atoms with Gasteiger partial charge in [0.2, 0.25) is 0 Å². The van der Waals surface area contributed by atoms with Gasteiger partial charge in [0.25, 0.3) is 5.91 Å². The molecule has 4 N–H and O–H groups in total. The number of anilines is 1. The number of carbonyl (C=O) groups excluding carboxylic acids is 2. The Hall–Kier alpha value is -3.35. The lowest BCUT2D eigenvalue weighted by Gasteiger charge is -2.15. The summed E-state index contributed by atoms with van der Waals surface area (Å²) < 4.78 is 0. The minimum atomic E-state index is -1.19. The first-order valence-corrected chi connectivity index (χ1v) is 7.63. The molecule has 0 spiro atoms. The first-order valence-electron chi connectivity index (χ1n) is 7.63. The number of hydrogen-bond donors (Lipinski definition) is 4. The Morgan fingerprint density at radius 1 is 1.00 bits per heavy atom. The average molecular weight is 341 g/mol. The van der Waals surface area contributed by atoms with Crippen LogP contribution in [0.1, 0.15) is 39.2 Å². The molecule has 0 unspecified atom stereocenters. The number of carboxylic acids is 1. The number of amides is 3. The molecule has 0 aliphatic heterocycles. The zero-order valence-electron chi connectivity index (χ0n) is 13.9. The summed E-state index contributed by atoms with van der Waals surface area (Å²) in [5, 5.41) is 16.9. The standard InChI is InChI=1S/C18H19N3O4/c1-11(12-6-4-3-5-7-12)20-16(22)13-8-14(17(23)24)10-15(9-13)21-18(25)19-2/h3-11H,1-2H3,(H,20,22)(H,23,24)(H2,19,21,25)/t11-/m1/s1. The fourth-order valence-electron chi connectivity index (χ4n) is 2.25. The number of urea groups is 1. The molecule has 25 heavy (non-hydrogen) atoms. The highest BCUT2D eigenvalue weighted by atomic mass is 16.4. The van der Waals surface area contributed by atoms with E-state index in [9.17, 15) is 19.5 Å². The van der Waals surface area contributed by atoms with Gasteiger partial charge in [-0.05, 0) is 30.7 Å². The molecule has 0 radical (unpaired) electrons. The lowest BCUT2D eigenvalue weighted by Crippen LogP contribution is -2.28. The smallest absolute Gasteiger partial charge is 0.335 e. The maximum Gasteiger partial charge on any atom is 0.335 e. The third-order valence-corrected chi connectivity index (χ3v) is 3.57. The first kappa shape index (κ1) is 18.0. The van der Waals surface area contributed by atoms with Gasteiger partial charge in [0.15, 0.2) is 0 Å². The quantitative estimate of drug-likeness (QED) is 0.670. The minimum absolute atomic E-state index is 0.0913. The zero-order valence-corrected chi connectivity index (χ0v) is 13.9. The van der Waals surface area contributed by atoms with Crippen molar-refractivity contribution in [2.24, 2.45) is 0 Å². The van der Waals surface area contributed by atoms with E-state index in [4.69, 9.17) is 0 Å². The number of benzene rings is 2. The number of aromatic carboxylic acids is 1. The van der Waals surface area contributed by atoms with Crippen molar-refractivity contribution in [3.05, 3.63) is 65.2 Å². The first-order chi connectivity index (χ1) is 11.9. The van der Waals surface area contributed by atoms with Gasteiger partial charge in [-0.25, -0.2) is 9.59 Å². The Morgan fingerprint density at radius 3 is 2.24 bits per heavy atom. The Labute approximate surface area is 145 Å². The van der Waals surface area contributed by atoms with Crippen molar-refractivity contribution in [1.29, 1.82) is 0 Å². The molecule has 2 aromatic rings. The number of hydrogen-bond acceptors (Lipinski definition) is 3. The van der Waals surface area contributed by atoms with E-state index in [1.807, 2.05) is 37.3 Å². The molecule has 0 heterocycles. The van der Waals surface area contributed by atoms with Crippen LogP contribution < -0.4 is 16.0 Å². The summed E-state index contributed by atoms with van der Waals surface area (Å²) in [4.78, 5) is 35.2. The van der Waals surface area contributed by atoms with Crippen molar-refractivity contribution in [2.45, 2.75) is 13.0 Å². The van der Waals surface area contributed by atoms with E-state index in [1.54, 1.807) is 0 Å². The second kappa shape index (κ2) is 7.96. The number of rotatable bonds is 5. The summed E-state index contributed by atoms with van der Waals surface area (Å²) in [5.74, 6) is -1.62. The molecule has 7 heteroatoms. The van der Waals surface area contributed by atoms with Crippen molar-refractivity contribution in [3.8, 4) is 0 Å². The van der Waals surface area contributed by atoms with Crippen LogP contribution in [0.2, 0.25) is 0 Å². The van der Waals surface area contributed by atoms with Gasteiger partial charge in [-0.15, -0.1) is 0 Å². The fourth-order valence-corrected chi connectivity index (χ4v) is 2.25. The molecular weight excluding hydrogens is 322 g/mol. The molecule has 2 aromatic carbocycles. The Balaban J connectivity index is 2.25. The Morgan fingerprint density at radius 2 is 1.64 bits per heavy atom. The van der Waals surface area contributed by atoms with Crippen LogP contribution in [0, 0.1) is 0 Å². The molecule has 0 saturated heterocycles. The van der Waals surface area contributed by atoms with Crippen LogP contribution in [0.4, 0.5) is 10.5 Å². The second-order valence-corrected chi connectivity index (χ2v) is 5.41. The lowest BCUT2D eigenvalue weighted by atomic mass is 10.1. The molecule has 2 rings (SSSR count). The van der Waals surface area contributed by atoms with Crippen molar-refractivity contribution in [2.75, 3.05) is 12.4 Å². The minimum Gasteiger partial charge on any atom is -0.478 e. The Kier molecular flexibility index (Phi) is 5.73. The number of nitrogens with one attached hydrogen (secondary N) is 3. The summed E-state index contributed by atoms with van der Waals surface area (Å²) in [6.07, 6.45) is 0. The van der Waals surface area contributed by atoms with Gasteiger partial charge in [-0.2, -0.15) is 0 Å². The van der Waals surface area contributed by atoms with Gasteiger partial charge in [0.05, 0.1) is 11.6 Å². The van der Waals surface area contributed by atoms with Crippen molar-refractivity contribution in [3.63, 3.8) is 0 Å². The van der Waals surface area contributed by atoms with E-state index in [-0.39, 0.29) is 22.9 Å². The van der Waals surface area contributed by atoms with Crippen LogP contribution in [0.5, 0.6) is 0 Å². The van der Waals surface area contributed by atoms with Gasteiger partial charge in [0.1, 0.15) is 0 Å². The van der Waals surface area contributed by atoms with E-state index in [0.29, 0.717) is 0 Å². The summed E-state index contributed by atoms with van der Waals surface area (Å²) in [6, 6.07) is 12.6. The van der Waals surface area contributed by atoms with Crippen LogP contribution in [0.15, 0.2) is 48.5 Å². The summed E-state index contributed by atoms with van der Waals surface area (Å²) in [5.41, 5.74) is 1.20. The van der Waals surface area contributed by atoms with Crippen LogP contribution in [-0.4, -0.2) is 30.1 Å². The van der Waals surface area contributed by atoms with E-state index in [0.717, 1.165) is 5.56 Å². The predicted octanol–water partition coefficient (Wildman–Crippen LogP) is 2.63. The maximum absolute atomic E-state index is 12.5. The van der Waals surface area contributed by atoms with Crippen LogP contribution in [-0.2, 0) is 0 Å². The molecule has 0 aliphatic rings. The third-order valence-electron chi connectivity index (χ3n) is 3.57. The van der Waals surface area contributed by atoms with Crippen molar-refractivity contribution in [1.82, 2.24) is 10.6 Å². The second-order valence-electron chi connectivity index (χ2n) is 5.41. The molecule has 0 fully saturated rings. The number of carbonyl (C=O) groups is 3. The van der Waals surface area contributed by atoms with Gasteiger partial charge >= 0.3 is 12.0 Å². The predicted molar refractivity (Wildman–Crippen MR) is 93.8 cm³/mol. The summed E-state index contributed by atoms with van der Waals surface area (Å²) in [6.45, 7) is 1.83. The highest BCUT2D eigenvalue weighted by Crippen LogP contribution is 2.17. The van der Waals surface area contributed by atoms with Gasteiger partial charge in [-0.1, -0.05) is 30.3 Å². The largest absolute Gasteiger partial charge is 0.478 e. The normalized spacial score (nSPS) is 11.3. The summed E-state index contributed by atoms with van der Waals surface area (Å²) in [7, 11) is 1.44. The molecule has 1 atom stereocenters. The zero-order chi connectivity index (χ0) is 18.4. The fraction of sp³-hybridized carbons (Fsp3) is 0.167. The topological polar surface area (TPSA) is 108 Å². The summed E-state index contributed by atoms with van der Waals surface area (Å²) >= 11 is 0. The van der Waals surface area contributed by atoms with E-state index in [1.165, 1.54) is 25.2 Å². The molecule has 0 saturated carbocycles. The average Bonchev–Trinajstić information content (AvgIpc) is 2.61. The van der Waals surface area contributed by atoms with E-state index < -0.39 is 17.9 Å². The SMILES string of the molecule is CNC(=O)Nc1cc(C(=O)O)cc(C(=O)N[C@H](C)c2ccccc2)c1. The van der Waals surface area contributed by atoms with Crippen molar-refractivity contribution < 1.29 is 19.5 Å². The van der Waals surface area contributed by atoms with Crippen LogP contribution in [0.25, 0.3) is 0 Å². The highest BCUT2D eigenvalue weighted by molar-refractivity contribution is 6.00. The van der Waals surface area contributed by atoms with Crippen molar-refractivity contribution >= 4 is 23.6 Å². The van der Waals surface area contributed by atoms with Gasteiger partial charge in [0, 0.05) is 18.3 Å². The molecule has 7 nitrogen and oxygen atoms in total. The van der Waals surface area contributed by atoms with Gasteiger partial charge in [-0.3, -0.25) is 4.79 Å². The molecule has 0 aromatic heterocycles. The van der Waals surface area contributed by atoms with Crippen LogP contribution in [0.3, 0.4) is 0 Å². The van der Waals surface area contributed by atoms with E-state index in [2.05, 4.69) is 16.0 Å². The monoisotopic (exact) mass is 341 g/mol. The molecule has 130 valence electrons. The molecule has 0 aliphatic carbocycles. The molecular formula is C18H19N3O4. The highest BCUT2D eigenvalue weighted by Gasteiger charge is 2.15. The van der Waals surface area contributed by atoms with E-state index >= 15 is 0 Å². The number of carboxylic acid groups (broad SMARTS) is 1. The lowest BCUT2D eigenvalue weighted by molar-refractivity contribution is 0.0697. The third kappa shape index (κ3) is 4.81. The maximum atomic E-state index is 12.5. The van der Waals surface area contributed by atoms with Crippen LogP contribution >= 0.6 is 0 Å². The molecule has 0 bridgehead atoms. The Bertz CT molecular complexity index is 790. The molecule has 3 amide bonds.